The summed E-state index contributed by atoms with van der Waals surface area (Å²) in [5.41, 5.74) is 0.569. The molecule has 3 aliphatic rings. The molecule has 4 rings (SSSR count). The predicted molar refractivity (Wildman–Crippen MR) is 119 cm³/mol. The van der Waals surface area contributed by atoms with E-state index >= 15 is 0 Å². The summed E-state index contributed by atoms with van der Waals surface area (Å²) in [4.78, 5) is 33.6. The van der Waals surface area contributed by atoms with Gasteiger partial charge in [-0.15, -0.1) is 0 Å². The van der Waals surface area contributed by atoms with Gasteiger partial charge in [-0.25, -0.2) is 4.98 Å². The lowest BCUT2D eigenvalue weighted by molar-refractivity contribution is -0.122. The molecule has 3 heterocycles. The smallest absolute Gasteiger partial charge is 0.255 e. The van der Waals surface area contributed by atoms with Crippen molar-refractivity contribution in [3.63, 3.8) is 0 Å². The number of piperidine rings is 2. The quantitative estimate of drug-likeness (QED) is 0.762. The lowest BCUT2D eigenvalue weighted by Gasteiger charge is -2.34. The van der Waals surface area contributed by atoms with E-state index in [0.717, 1.165) is 57.7 Å². The van der Waals surface area contributed by atoms with Crippen LogP contribution in [0.1, 0.15) is 74.6 Å². The summed E-state index contributed by atoms with van der Waals surface area (Å²) >= 11 is 6.52. The van der Waals surface area contributed by atoms with Crippen LogP contribution in [0.3, 0.4) is 0 Å². The molecule has 2 amide bonds. The first-order chi connectivity index (χ1) is 14.6. The molecule has 2 saturated heterocycles. The molecule has 0 radical (unpaired) electrons. The van der Waals surface area contributed by atoms with Gasteiger partial charge in [0, 0.05) is 44.8 Å². The monoisotopic (exact) mass is 432 g/mol. The molecule has 0 bridgehead atoms. The van der Waals surface area contributed by atoms with E-state index < -0.39 is 0 Å². The average Bonchev–Trinajstić information content (AvgIpc) is 3.27. The van der Waals surface area contributed by atoms with Gasteiger partial charge in [-0.05, 0) is 56.9 Å². The minimum atomic E-state index is 0.0272. The van der Waals surface area contributed by atoms with Crippen LogP contribution in [-0.2, 0) is 4.79 Å². The van der Waals surface area contributed by atoms with Crippen molar-refractivity contribution in [3.8, 4) is 0 Å². The summed E-state index contributed by atoms with van der Waals surface area (Å²) < 4.78 is 0. The van der Waals surface area contributed by atoms with Gasteiger partial charge in [0.25, 0.3) is 5.91 Å². The SMILES string of the molecule is O=C(CC1CCCC1)NC1CCN(c2ncc(C(=O)N3CCCCC3)cc2Cl)CC1. The third-order valence-electron chi connectivity index (χ3n) is 6.82. The molecule has 2 aliphatic heterocycles. The first-order valence-electron chi connectivity index (χ1n) is 11.6. The maximum atomic E-state index is 12.7. The van der Waals surface area contributed by atoms with Gasteiger partial charge in [0.2, 0.25) is 5.91 Å². The Labute approximate surface area is 184 Å². The highest BCUT2D eigenvalue weighted by Gasteiger charge is 2.26. The summed E-state index contributed by atoms with van der Waals surface area (Å²) in [5, 5.41) is 3.75. The minimum Gasteiger partial charge on any atom is -0.355 e. The summed E-state index contributed by atoms with van der Waals surface area (Å²) in [7, 11) is 0. The molecule has 1 saturated carbocycles. The van der Waals surface area contributed by atoms with E-state index in [1.165, 1.54) is 32.1 Å². The summed E-state index contributed by atoms with van der Waals surface area (Å²) in [5.74, 6) is 1.55. The van der Waals surface area contributed by atoms with E-state index in [4.69, 9.17) is 11.6 Å². The standard InChI is InChI=1S/C23H33ClN4O2/c24-20-15-18(23(30)28-10-4-1-5-11-28)16-25-22(20)27-12-8-19(9-13-27)26-21(29)14-17-6-2-3-7-17/h15-17,19H,1-14H2,(H,26,29). The average molecular weight is 433 g/mol. The van der Waals surface area contributed by atoms with Crippen LogP contribution in [0, 0.1) is 5.92 Å². The van der Waals surface area contributed by atoms with Gasteiger partial charge in [-0.3, -0.25) is 9.59 Å². The van der Waals surface area contributed by atoms with Gasteiger partial charge in [0.15, 0.2) is 0 Å². The van der Waals surface area contributed by atoms with Crippen LogP contribution >= 0.6 is 11.6 Å². The molecule has 3 fully saturated rings. The Morgan fingerprint density at radius 3 is 2.37 bits per heavy atom. The molecule has 1 aliphatic carbocycles. The Morgan fingerprint density at radius 2 is 1.70 bits per heavy atom. The maximum Gasteiger partial charge on any atom is 0.255 e. The van der Waals surface area contributed by atoms with Gasteiger partial charge < -0.3 is 15.1 Å². The number of nitrogens with zero attached hydrogens (tertiary/aromatic N) is 3. The second kappa shape index (κ2) is 9.99. The normalized spacial score (nSPS) is 21.1. The number of carbonyl (C=O) groups excluding carboxylic acids is 2. The number of halogens is 1. The number of hydrogen-bond acceptors (Lipinski definition) is 4. The number of rotatable bonds is 5. The number of aromatic nitrogens is 1. The molecule has 1 aromatic heterocycles. The molecule has 0 atom stereocenters. The van der Waals surface area contributed by atoms with E-state index in [2.05, 4.69) is 15.2 Å². The highest BCUT2D eigenvalue weighted by Crippen LogP contribution is 2.29. The molecular formula is C23H33ClN4O2. The Balaban J connectivity index is 1.28. The van der Waals surface area contributed by atoms with Crippen molar-refractivity contribution in [3.05, 3.63) is 22.8 Å². The van der Waals surface area contributed by atoms with Crippen molar-refractivity contribution < 1.29 is 9.59 Å². The number of nitrogens with one attached hydrogen (secondary N) is 1. The second-order valence-corrected chi connectivity index (χ2v) is 9.47. The number of likely N-dealkylation sites (tertiary alicyclic amines) is 1. The fraction of sp³-hybridized carbons (Fsp3) is 0.696. The largest absolute Gasteiger partial charge is 0.355 e. The zero-order chi connectivity index (χ0) is 20.9. The van der Waals surface area contributed by atoms with E-state index in [-0.39, 0.29) is 17.9 Å². The Morgan fingerprint density at radius 1 is 1.00 bits per heavy atom. The lowest BCUT2D eigenvalue weighted by Crippen LogP contribution is -2.45. The molecule has 0 unspecified atom stereocenters. The third-order valence-corrected chi connectivity index (χ3v) is 7.10. The minimum absolute atomic E-state index is 0.0272. The van der Waals surface area contributed by atoms with Crippen molar-refractivity contribution in [2.45, 2.75) is 70.3 Å². The Bertz CT molecular complexity index is 752. The highest BCUT2D eigenvalue weighted by molar-refractivity contribution is 6.33. The van der Waals surface area contributed by atoms with E-state index in [1.807, 2.05) is 4.90 Å². The predicted octanol–water partition coefficient (Wildman–Crippen LogP) is 4.03. The number of amides is 2. The lowest BCUT2D eigenvalue weighted by atomic mass is 10.0. The molecule has 7 heteroatoms. The molecule has 164 valence electrons. The van der Waals surface area contributed by atoms with Crippen molar-refractivity contribution in [1.29, 1.82) is 0 Å². The zero-order valence-electron chi connectivity index (χ0n) is 17.7. The number of carbonyl (C=O) groups is 2. The van der Waals surface area contributed by atoms with Gasteiger partial charge in [-0.2, -0.15) is 0 Å². The van der Waals surface area contributed by atoms with Crippen LogP contribution in [0.15, 0.2) is 12.3 Å². The van der Waals surface area contributed by atoms with Crippen LogP contribution in [-0.4, -0.2) is 53.9 Å². The third kappa shape index (κ3) is 5.26. The molecule has 0 spiro atoms. The van der Waals surface area contributed by atoms with Gasteiger partial charge >= 0.3 is 0 Å². The molecule has 1 aromatic rings. The summed E-state index contributed by atoms with van der Waals surface area (Å²) in [6.07, 6.45) is 12.4. The van der Waals surface area contributed by atoms with E-state index in [1.54, 1.807) is 12.3 Å². The highest BCUT2D eigenvalue weighted by atomic mass is 35.5. The molecule has 0 aromatic carbocycles. The van der Waals surface area contributed by atoms with Crippen molar-refractivity contribution in [1.82, 2.24) is 15.2 Å². The zero-order valence-corrected chi connectivity index (χ0v) is 18.5. The number of hydrogen-bond donors (Lipinski definition) is 1. The fourth-order valence-electron chi connectivity index (χ4n) is 5.06. The van der Waals surface area contributed by atoms with Crippen LogP contribution in [0.25, 0.3) is 0 Å². The fourth-order valence-corrected chi connectivity index (χ4v) is 5.34. The van der Waals surface area contributed by atoms with Crippen molar-refractivity contribution in [2.75, 3.05) is 31.1 Å². The molecule has 1 N–H and O–H groups in total. The topological polar surface area (TPSA) is 65.5 Å². The van der Waals surface area contributed by atoms with Crippen molar-refractivity contribution >= 4 is 29.2 Å². The van der Waals surface area contributed by atoms with Gasteiger partial charge in [0.05, 0.1) is 10.6 Å². The summed E-state index contributed by atoms with van der Waals surface area (Å²) in [6.45, 7) is 3.25. The first-order valence-corrected chi connectivity index (χ1v) is 12.0. The van der Waals surface area contributed by atoms with Crippen molar-refractivity contribution in [2.24, 2.45) is 5.92 Å². The van der Waals surface area contributed by atoms with Crippen LogP contribution in [0.2, 0.25) is 5.02 Å². The van der Waals surface area contributed by atoms with Gasteiger partial charge in [0.1, 0.15) is 5.82 Å². The first kappa shape index (κ1) is 21.4. The number of pyridine rings is 1. The summed E-state index contributed by atoms with van der Waals surface area (Å²) in [6, 6.07) is 1.99. The van der Waals surface area contributed by atoms with Crippen LogP contribution in [0.5, 0.6) is 0 Å². The Hall–Kier alpha value is -1.82. The molecule has 6 nitrogen and oxygen atoms in total. The molecular weight excluding hydrogens is 400 g/mol. The number of anilines is 1. The Kier molecular flexibility index (Phi) is 7.13. The van der Waals surface area contributed by atoms with Crippen LogP contribution < -0.4 is 10.2 Å². The van der Waals surface area contributed by atoms with Gasteiger partial charge in [-0.1, -0.05) is 24.4 Å². The maximum absolute atomic E-state index is 12.7. The molecule has 30 heavy (non-hydrogen) atoms. The second-order valence-electron chi connectivity index (χ2n) is 9.07. The van der Waals surface area contributed by atoms with Crippen LogP contribution in [0.4, 0.5) is 5.82 Å². The van der Waals surface area contributed by atoms with E-state index in [9.17, 15) is 9.59 Å². The van der Waals surface area contributed by atoms with E-state index in [0.29, 0.717) is 22.9 Å².